The quantitative estimate of drug-likeness (QED) is 0.228. The monoisotopic (exact) mass is 567 g/mol. The second kappa shape index (κ2) is 11.8. The van der Waals surface area contributed by atoms with Crippen molar-refractivity contribution in [2.45, 2.75) is 38.6 Å². The Balaban J connectivity index is 0.00000306. The van der Waals surface area contributed by atoms with Gasteiger partial charge in [0.1, 0.15) is 12.4 Å². The summed E-state index contributed by atoms with van der Waals surface area (Å²) in [5, 5.41) is 11.8. The lowest BCUT2D eigenvalue weighted by Crippen LogP contribution is -2.42. The lowest BCUT2D eigenvalue weighted by molar-refractivity contribution is -0.127. The second-order valence-corrected chi connectivity index (χ2v) is 8.42. The van der Waals surface area contributed by atoms with E-state index in [2.05, 4.69) is 44.7 Å². The van der Waals surface area contributed by atoms with Gasteiger partial charge in [-0.1, -0.05) is 18.2 Å². The lowest BCUT2D eigenvalue weighted by Gasteiger charge is -2.24. The number of hydrogen-bond donors (Lipinski definition) is 1. The number of anilines is 1. The summed E-state index contributed by atoms with van der Waals surface area (Å²) < 4.78 is 7.20. The second-order valence-electron chi connectivity index (χ2n) is 8.42. The molecule has 0 saturated carbocycles. The van der Waals surface area contributed by atoms with Gasteiger partial charge in [0.05, 0.1) is 6.61 Å². The molecule has 1 aromatic heterocycles. The van der Waals surface area contributed by atoms with E-state index in [1.54, 1.807) is 7.11 Å². The number of likely N-dealkylation sites (tertiary alicyclic amines) is 1. The van der Waals surface area contributed by atoms with Crippen molar-refractivity contribution in [3.8, 4) is 0 Å². The molecule has 2 aliphatic heterocycles. The third-order valence-electron chi connectivity index (χ3n) is 6.39. The number of nitrogens with one attached hydrogen (secondary N) is 1. The molecule has 1 N–H and O–H groups in total. The molecule has 1 aromatic carbocycles. The van der Waals surface area contributed by atoms with Gasteiger partial charge < -0.3 is 24.4 Å². The van der Waals surface area contributed by atoms with Crippen LogP contribution in [0.2, 0.25) is 0 Å². The predicted octanol–water partition coefficient (Wildman–Crippen LogP) is 2.45. The van der Waals surface area contributed by atoms with E-state index in [-0.39, 0.29) is 29.9 Å². The van der Waals surface area contributed by atoms with Gasteiger partial charge in [-0.15, -0.1) is 34.2 Å². The van der Waals surface area contributed by atoms with Crippen molar-refractivity contribution in [1.29, 1.82) is 0 Å². The molecular weight excluding hydrogens is 533 g/mol. The highest BCUT2D eigenvalue weighted by molar-refractivity contribution is 14.0. The van der Waals surface area contributed by atoms with Gasteiger partial charge in [-0.2, -0.15) is 0 Å². The molecule has 1 fully saturated rings. The SMILES string of the molecule is COCCNC(=NCc1nnc(C)n1C)N1CC(CCN2CCCC2=O)c2ccccc21.I. The number of ether oxygens (including phenoxy) is 1. The van der Waals surface area contributed by atoms with Crippen molar-refractivity contribution in [3.63, 3.8) is 0 Å². The van der Waals surface area contributed by atoms with Gasteiger partial charge >= 0.3 is 0 Å². The Bertz CT molecular complexity index is 977. The van der Waals surface area contributed by atoms with E-state index in [0.717, 1.165) is 50.1 Å². The Kier molecular flexibility index (Phi) is 9.07. The van der Waals surface area contributed by atoms with Gasteiger partial charge in [0.25, 0.3) is 0 Å². The number of aromatic nitrogens is 3. The minimum atomic E-state index is 0. The van der Waals surface area contributed by atoms with Crippen LogP contribution >= 0.6 is 24.0 Å². The first-order valence-corrected chi connectivity index (χ1v) is 11.3. The summed E-state index contributed by atoms with van der Waals surface area (Å²) in [6.45, 7) is 6.17. The number of guanidine groups is 1. The summed E-state index contributed by atoms with van der Waals surface area (Å²) in [7, 11) is 3.65. The third-order valence-corrected chi connectivity index (χ3v) is 6.39. The van der Waals surface area contributed by atoms with Crippen LogP contribution < -0.4 is 10.2 Å². The predicted molar refractivity (Wildman–Crippen MR) is 139 cm³/mol. The molecule has 2 aromatic rings. The van der Waals surface area contributed by atoms with E-state index in [4.69, 9.17) is 9.73 Å². The molecule has 1 atom stereocenters. The fourth-order valence-electron chi connectivity index (χ4n) is 4.43. The van der Waals surface area contributed by atoms with Crippen LogP contribution in [-0.2, 0) is 23.1 Å². The topological polar surface area (TPSA) is 87.9 Å². The first-order valence-electron chi connectivity index (χ1n) is 11.3. The number of rotatable bonds is 8. The lowest BCUT2D eigenvalue weighted by atomic mass is 9.98. The molecule has 0 bridgehead atoms. The Morgan fingerprint density at radius 3 is 2.82 bits per heavy atom. The minimum Gasteiger partial charge on any atom is -0.383 e. The molecule has 10 heteroatoms. The summed E-state index contributed by atoms with van der Waals surface area (Å²) in [6.07, 6.45) is 2.62. The average molecular weight is 567 g/mol. The molecule has 33 heavy (non-hydrogen) atoms. The maximum Gasteiger partial charge on any atom is 0.222 e. The van der Waals surface area contributed by atoms with Crippen molar-refractivity contribution in [1.82, 2.24) is 25.0 Å². The maximum absolute atomic E-state index is 12.1. The normalized spacial score (nSPS) is 18.0. The Morgan fingerprint density at radius 2 is 2.12 bits per heavy atom. The number of methoxy groups -OCH3 is 1. The highest BCUT2D eigenvalue weighted by Crippen LogP contribution is 2.38. The van der Waals surface area contributed by atoms with Gasteiger partial charge in [0.15, 0.2) is 11.8 Å². The molecule has 0 aliphatic carbocycles. The number of nitrogens with zero attached hydrogens (tertiary/aromatic N) is 6. The van der Waals surface area contributed by atoms with Crippen molar-refractivity contribution in [3.05, 3.63) is 41.5 Å². The Labute approximate surface area is 212 Å². The number of halogens is 1. The zero-order valence-corrected chi connectivity index (χ0v) is 22.0. The zero-order valence-electron chi connectivity index (χ0n) is 19.7. The van der Waals surface area contributed by atoms with E-state index < -0.39 is 0 Å². The van der Waals surface area contributed by atoms with E-state index in [1.807, 2.05) is 23.4 Å². The van der Waals surface area contributed by atoms with E-state index in [9.17, 15) is 4.79 Å². The van der Waals surface area contributed by atoms with Crippen LogP contribution in [0.3, 0.4) is 0 Å². The summed E-state index contributed by atoms with van der Waals surface area (Å²) in [5.74, 6) is 3.15. The molecule has 0 spiro atoms. The van der Waals surface area contributed by atoms with Crippen molar-refractivity contribution in [2.24, 2.45) is 12.0 Å². The fraction of sp³-hybridized carbons (Fsp3) is 0.565. The number of benzene rings is 1. The molecule has 3 heterocycles. The number of fused-ring (bicyclic) bond motifs is 1. The highest BCUT2D eigenvalue weighted by Gasteiger charge is 2.32. The molecule has 0 radical (unpaired) electrons. The summed E-state index contributed by atoms with van der Waals surface area (Å²) >= 11 is 0. The van der Waals surface area contributed by atoms with Crippen molar-refractivity contribution in [2.75, 3.05) is 44.8 Å². The summed E-state index contributed by atoms with van der Waals surface area (Å²) in [4.78, 5) is 21.2. The smallest absolute Gasteiger partial charge is 0.222 e. The maximum atomic E-state index is 12.1. The number of aliphatic imine (C=N–C) groups is 1. The van der Waals surface area contributed by atoms with Crippen LogP contribution in [0.4, 0.5) is 5.69 Å². The molecule has 1 amide bonds. The van der Waals surface area contributed by atoms with Crippen molar-refractivity contribution >= 4 is 41.5 Å². The van der Waals surface area contributed by atoms with Crippen LogP contribution in [0.1, 0.15) is 42.4 Å². The number of aryl methyl sites for hydroxylation is 1. The number of hydrogen-bond acceptors (Lipinski definition) is 5. The summed E-state index contributed by atoms with van der Waals surface area (Å²) in [6, 6.07) is 8.51. The number of carbonyl (C=O) groups excluding carboxylic acids is 1. The number of carbonyl (C=O) groups is 1. The van der Waals surface area contributed by atoms with Crippen LogP contribution in [0.15, 0.2) is 29.3 Å². The molecular formula is C23H34IN7O2. The molecule has 9 nitrogen and oxygen atoms in total. The van der Waals surface area contributed by atoms with Crippen LogP contribution in [-0.4, -0.2) is 71.4 Å². The number of amides is 1. The van der Waals surface area contributed by atoms with Gasteiger partial charge in [-0.3, -0.25) is 4.79 Å². The van der Waals surface area contributed by atoms with Crippen molar-refractivity contribution < 1.29 is 9.53 Å². The first-order chi connectivity index (χ1) is 15.6. The fourth-order valence-corrected chi connectivity index (χ4v) is 4.43. The van der Waals surface area contributed by atoms with E-state index in [0.29, 0.717) is 32.0 Å². The average Bonchev–Trinajstić information content (AvgIpc) is 3.47. The minimum absolute atomic E-state index is 0. The largest absolute Gasteiger partial charge is 0.383 e. The Morgan fingerprint density at radius 1 is 1.30 bits per heavy atom. The zero-order chi connectivity index (χ0) is 22.5. The van der Waals surface area contributed by atoms with Crippen LogP contribution in [0.5, 0.6) is 0 Å². The molecule has 1 unspecified atom stereocenters. The van der Waals surface area contributed by atoms with Crippen LogP contribution in [0.25, 0.3) is 0 Å². The standard InChI is InChI=1S/C23H33N7O2.HI/c1-17-26-27-21(28(17)2)15-25-23(24-11-14-32-3)30-16-18(19-7-4-5-8-20(19)30)10-13-29-12-6-9-22(29)31;/h4-5,7-8,18H,6,9-16H2,1-3H3,(H,24,25);1H. The van der Waals surface area contributed by atoms with Gasteiger partial charge in [-0.05, 0) is 31.4 Å². The number of para-hydroxylation sites is 1. The highest BCUT2D eigenvalue weighted by atomic mass is 127. The Hall–Kier alpha value is -2.21. The first kappa shape index (κ1) is 25.4. The van der Waals surface area contributed by atoms with Gasteiger partial charge in [0.2, 0.25) is 5.91 Å². The van der Waals surface area contributed by atoms with Gasteiger partial charge in [0, 0.05) is 58.4 Å². The third kappa shape index (κ3) is 5.84. The van der Waals surface area contributed by atoms with E-state index in [1.165, 1.54) is 11.3 Å². The summed E-state index contributed by atoms with van der Waals surface area (Å²) in [5.41, 5.74) is 2.48. The van der Waals surface area contributed by atoms with Gasteiger partial charge in [-0.25, -0.2) is 4.99 Å². The molecule has 180 valence electrons. The molecule has 4 rings (SSSR count). The molecule has 2 aliphatic rings. The molecule has 1 saturated heterocycles. The van der Waals surface area contributed by atoms with Crippen LogP contribution in [0, 0.1) is 6.92 Å². The van der Waals surface area contributed by atoms with E-state index >= 15 is 0 Å².